The van der Waals surface area contributed by atoms with Gasteiger partial charge in [0.25, 0.3) is 5.91 Å². The molecule has 5 nitrogen and oxygen atoms in total. The predicted octanol–water partition coefficient (Wildman–Crippen LogP) is 3.57. The Kier molecular flexibility index (Phi) is 4.68. The molecule has 23 heavy (non-hydrogen) atoms. The van der Waals surface area contributed by atoms with Crippen molar-refractivity contribution in [3.05, 3.63) is 83.3 Å². The van der Waals surface area contributed by atoms with Crippen LogP contribution < -0.4 is 0 Å². The van der Waals surface area contributed by atoms with Crippen molar-refractivity contribution < 1.29 is 9.21 Å². The highest BCUT2D eigenvalue weighted by Crippen LogP contribution is 2.18. The van der Waals surface area contributed by atoms with Crippen molar-refractivity contribution in [1.29, 1.82) is 0 Å². The minimum Gasteiger partial charge on any atom is -0.467 e. The molecular formula is C17H14ClN3O2. The fourth-order valence-corrected chi connectivity index (χ4v) is 2.40. The number of nitrogens with zero attached hydrogens (tertiary/aromatic N) is 3. The maximum absolute atomic E-state index is 12.8. The average Bonchev–Trinajstić information content (AvgIpc) is 3.08. The van der Waals surface area contributed by atoms with Gasteiger partial charge in [-0.15, -0.1) is 0 Å². The average molecular weight is 328 g/mol. The monoisotopic (exact) mass is 327 g/mol. The van der Waals surface area contributed by atoms with Gasteiger partial charge in [0.15, 0.2) is 0 Å². The normalized spacial score (nSPS) is 10.5. The molecule has 0 aliphatic carbocycles. The number of aromatic nitrogens is 2. The molecule has 0 spiro atoms. The molecule has 0 aliphatic rings. The van der Waals surface area contributed by atoms with Crippen LogP contribution in [0.1, 0.15) is 21.8 Å². The van der Waals surface area contributed by atoms with Crippen molar-refractivity contribution in [2.45, 2.75) is 13.1 Å². The molecule has 0 aromatic carbocycles. The number of halogens is 1. The number of hydrogen-bond donors (Lipinski definition) is 0. The first-order valence-electron chi connectivity index (χ1n) is 7.05. The third kappa shape index (κ3) is 3.76. The zero-order valence-electron chi connectivity index (χ0n) is 12.2. The van der Waals surface area contributed by atoms with Crippen molar-refractivity contribution in [3.63, 3.8) is 0 Å². The zero-order chi connectivity index (χ0) is 16.1. The fraction of sp³-hybridized carbons (Fsp3) is 0.118. The Balaban J connectivity index is 1.88. The van der Waals surface area contributed by atoms with Crippen LogP contribution in [0.4, 0.5) is 0 Å². The standard InChI is InChI=1S/C17H14ClN3O2/c18-15-6-2-8-20-16(15)17(22)21(12-14-5-3-9-23-14)11-13-4-1-7-19-10-13/h1-10H,11-12H2. The number of hydrogen-bond acceptors (Lipinski definition) is 4. The summed E-state index contributed by atoms with van der Waals surface area (Å²) in [6, 6.07) is 10.7. The van der Waals surface area contributed by atoms with Gasteiger partial charge in [0.05, 0.1) is 17.8 Å². The molecule has 0 saturated heterocycles. The van der Waals surface area contributed by atoms with Crippen LogP contribution >= 0.6 is 11.6 Å². The largest absolute Gasteiger partial charge is 0.467 e. The quantitative estimate of drug-likeness (QED) is 0.719. The molecular weight excluding hydrogens is 314 g/mol. The summed E-state index contributed by atoms with van der Waals surface area (Å²) in [4.78, 5) is 22.6. The van der Waals surface area contributed by atoms with E-state index in [1.165, 1.54) is 0 Å². The van der Waals surface area contributed by atoms with Crippen LogP contribution in [0.5, 0.6) is 0 Å². The lowest BCUT2D eigenvalue weighted by molar-refractivity contribution is 0.0711. The molecule has 3 aromatic rings. The van der Waals surface area contributed by atoms with Gasteiger partial charge in [-0.25, -0.2) is 4.98 Å². The summed E-state index contributed by atoms with van der Waals surface area (Å²) in [7, 11) is 0. The first kappa shape index (κ1) is 15.2. The van der Waals surface area contributed by atoms with Gasteiger partial charge in [0, 0.05) is 25.1 Å². The number of rotatable bonds is 5. The van der Waals surface area contributed by atoms with E-state index in [-0.39, 0.29) is 11.6 Å². The van der Waals surface area contributed by atoms with E-state index in [9.17, 15) is 4.79 Å². The predicted molar refractivity (Wildman–Crippen MR) is 85.8 cm³/mol. The molecule has 6 heteroatoms. The van der Waals surface area contributed by atoms with E-state index in [1.807, 2.05) is 18.2 Å². The van der Waals surface area contributed by atoms with Crippen LogP contribution in [0.3, 0.4) is 0 Å². The third-order valence-corrected chi connectivity index (χ3v) is 3.58. The molecule has 116 valence electrons. The minimum absolute atomic E-state index is 0.226. The Morgan fingerprint density at radius 2 is 2.00 bits per heavy atom. The van der Waals surface area contributed by atoms with Gasteiger partial charge in [-0.2, -0.15) is 0 Å². The van der Waals surface area contributed by atoms with Gasteiger partial charge in [0.2, 0.25) is 0 Å². The van der Waals surface area contributed by atoms with Crippen LogP contribution in [-0.4, -0.2) is 20.8 Å². The number of amides is 1. The summed E-state index contributed by atoms with van der Waals surface area (Å²) in [6.45, 7) is 0.716. The Hall–Kier alpha value is -2.66. The molecule has 0 fully saturated rings. The highest BCUT2D eigenvalue weighted by Gasteiger charge is 2.21. The minimum atomic E-state index is -0.254. The summed E-state index contributed by atoms with van der Waals surface area (Å²) in [5.74, 6) is 0.435. The summed E-state index contributed by atoms with van der Waals surface area (Å²) < 4.78 is 5.36. The second-order valence-corrected chi connectivity index (χ2v) is 5.34. The van der Waals surface area contributed by atoms with Crippen LogP contribution in [0.25, 0.3) is 0 Å². The molecule has 0 N–H and O–H groups in total. The number of carbonyl (C=O) groups excluding carboxylic acids is 1. The summed E-state index contributed by atoms with van der Waals surface area (Å²) in [6.07, 6.45) is 6.55. The Morgan fingerprint density at radius 3 is 2.70 bits per heavy atom. The van der Waals surface area contributed by atoms with E-state index in [4.69, 9.17) is 16.0 Å². The van der Waals surface area contributed by atoms with Gasteiger partial charge < -0.3 is 9.32 Å². The van der Waals surface area contributed by atoms with Crippen molar-refractivity contribution in [3.8, 4) is 0 Å². The first-order chi connectivity index (χ1) is 11.2. The molecule has 0 aliphatic heterocycles. The highest BCUT2D eigenvalue weighted by atomic mass is 35.5. The Morgan fingerprint density at radius 1 is 1.13 bits per heavy atom. The van der Waals surface area contributed by atoms with E-state index in [1.54, 1.807) is 48.0 Å². The summed E-state index contributed by atoms with van der Waals surface area (Å²) >= 11 is 6.10. The number of pyridine rings is 2. The number of carbonyl (C=O) groups is 1. The van der Waals surface area contributed by atoms with Crippen molar-refractivity contribution in [1.82, 2.24) is 14.9 Å². The SMILES string of the molecule is O=C(c1ncccc1Cl)N(Cc1cccnc1)Cc1ccco1. The molecule has 0 radical (unpaired) electrons. The Bertz CT molecular complexity index is 776. The molecule has 1 amide bonds. The van der Waals surface area contributed by atoms with Gasteiger partial charge in [0.1, 0.15) is 11.5 Å². The molecule has 0 unspecified atom stereocenters. The lowest BCUT2D eigenvalue weighted by Gasteiger charge is -2.21. The van der Waals surface area contributed by atoms with E-state index >= 15 is 0 Å². The smallest absolute Gasteiger partial charge is 0.274 e. The Labute approximate surface area is 138 Å². The third-order valence-electron chi connectivity index (χ3n) is 3.27. The van der Waals surface area contributed by atoms with Crippen molar-refractivity contribution >= 4 is 17.5 Å². The zero-order valence-corrected chi connectivity index (χ0v) is 13.0. The van der Waals surface area contributed by atoms with Gasteiger partial charge in [-0.05, 0) is 35.9 Å². The van der Waals surface area contributed by atoms with Crippen LogP contribution in [0.2, 0.25) is 5.02 Å². The maximum Gasteiger partial charge on any atom is 0.274 e. The second kappa shape index (κ2) is 7.07. The molecule has 3 heterocycles. The second-order valence-electron chi connectivity index (χ2n) is 4.94. The first-order valence-corrected chi connectivity index (χ1v) is 7.43. The van der Waals surface area contributed by atoms with E-state index in [2.05, 4.69) is 9.97 Å². The molecule has 3 rings (SSSR count). The molecule has 0 atom stereocenters. The number of furan rings is 1. The van der Waals surface area contributed by atoms with Crippen LogP contribution in [0, 0.1) is 0 Å². The van der Waals surface area contributed by atoms with Gasteiger partial charge in [-0.1, -0.05) is 17.7 Å². The molecule has 0 saturated carbocycles. The van der Waals surface area contributed by atoms with Crippen molar-refractivity contribution in [2.24, 2.45) is 0 Å². The van der Waals surface area contributed by atoms with Gasteiger partial charge >= 0.3 is 0 Å². The van der Waals surface area contributed by atoms with Crippen LogP contribution in [0.15, 0.2) is 65.7 Å². The summed E-state index contributed by atoms with van der Waals surface area (Å²) in [5.41, 5.74) is 1.14. The van der Waals surface area contributed by atoms with E-state index in [0.717, 1.165) is 5.56 Å². The highest BCUT2D eigenvalue weighted by molar-refractivity contribution is 6.33. The van der Waals surface area contributed by atoms with Crippen molar-refractivity contribution in [2.75, 3.05) is 0 Å². The topological polar surface area (TPSA) is 59.2 Å². The maximum atomic E-state index is 12.8. The van der Waals surface area contributed by atoms with Crippen LogP contribution in [-0.2, 0) is 13.1 Å². The fourth-order valence-electron chi connectivity index (χ4n) is 2.20. The lowest BCUT2D eigenvalue weighted by atomic mass is 10.2. The van der Waals surface area contributed by atoms with E-state index in [0.29, 0.717) is 23.9 Å². The lowest BCUT2D eigenvalue weighted by Crippen LogP contribution is -2.31. The van der Waals surface area contributed by atoms with Gasteiger partial charge in [-0.3, -0.25) is 9.78 Å². The summed E-state index contributed by atoms with van der Waals surface area (Å²) in [5, 5.41) is 0.327. The molecule has 0 bridgehead atoms. The van der Waals surface area contributed by atoms with E-state index < -0.39 is 0 Å². The molecule has 3 aromatic heterocycles.